The predicted octanol–water partition coefficient (Wildman–Crippen LogP) is 3.32. The van der Waals surface area contributed by atoms with E-state index in [2.05, 4.69) is 38.2 Å². The van der Waals surface area contributed by atoms with E-state index in [1.807, 2.05) is 18.2 Å². The van der Waals surface area contributed by atoms with Gasteiger partial charge in [-0.05, 0) is 68.4 Å². The number of hydrogen-bond donors (Lipinski definition) is 3. The van der Waals surface area contributed by atoms with Crippen LogP contribution in [0.4, 0.5) is 0 Å². The number of nitrogens with one attached hydrogen (secondary N) is 1. The number of hydrogen-bond acceptors (Lipinski definition) is 5. The minimum absolute atomic E-state index is 0. The zero-order valence-corrected chi connectivity index (χ0v) is 21.1. The number of unbranched alkanes of at least 4 members (excludes halogenated alkanes) is 1. The van der Waals surface area contributed by atoms with Crippen LogP contribution in [0.3, 0.4) is 0 Å². The average Bonchev–Trinajstić information content (AvgIpc) is 3.14. The van der Waals surface area contributed by atoms with Crippen LogP contribution in [0.2, 0.25) is 5.82 Å². The number of halogens is 1. The summed E-state index contributed by atoms with van der Waals surface area (Å²) in [4.78, 5) is 12.6. The summed E-state index contributed by atoms with van der Waals surface area (Å²) in [5.74, 6) is 1.16. The van der Waals surface area contributed by atoms with Crippen molar-refractivity contribution in [3.63, 3.8) is 0 Å². The molecule has 1 heterocycles. The van der Waals surface area contributed by atoms with E-state index in [9.17, 15) is 4.79 Å². The molecule has 3 saturated carbocycles. The molecule has 184 valence electrons. The largest absolute Gasteiger partial charge is 0.463 e. The van der Waals surface area contributed by atoms with Crippen LogP contribution in [0, 0.1) is 17.3 Å². The van der Waals surface area contributed by atoms with Crippen molar-refractivity contribution in [1.29, 1.82) is 0 Å². The lowest BCUT2D eigenvalue weighted by molar-refractivity contribution is -0.199. The summed E-state index contributed by atoms with van der Waals surface area (Å²) in [6.45, 7) is 8.10. The Kier molecular flexibility index (Phi) is 8.55. The molecule has 1 amide bonds. The molecule has 1 aliphatic heterocycles. The van der Waals surface area contributed by atoms with Crippen molar-refractivity contribution in [1.82, 2.24) is 5.32 Å². The van der Waals surface area contributed by atoms with Gasteiger partial charge in [-0.2, -0.15) is 0 Å². The highest BCUT2D eigenvalue weighted by Crippen LogP contribution is 2.66. The first kappa shape index (κ1) is 26.5. The van der Waals surface area contributed by atoms with Gasteiger partial charge in [-0.15, -0.1) is 12.4 Å². The second-order valence-corrected chi connectivity index (χ2v) is 10.9. The monoisotopic (exact) mass is 477 g/mol. The smallest absolute Gasteiger partial charge is 0.405 e. The van der Waals surface area contributed by atoms with Crippen molar-refractivity contribution < 1.29 is 14.1 Å². The molecule has 0 unspecified atom stereocenters. The lowest BCUT2D eigenvalue weighted by atomic mass is 9.43. The summed E-state index contributed by atoms with van der Waals surface area (Å²) in [7, 11) is -0.325. The Morgan fingerprint density at radius 3 is 2.61 bits per heavy atom. The number of amides is 1. The molecule has 0 radical (unpaired) electrons. The third-order valence-electron chi connectivity index (χ3n) is 8.54. The van der Waals surface area contributed by atoms with Crippen molar-refractivity contribution in [3.05, 3.63) is 35.9 Å². The number of nitrogens with two attached hydrogens (primary N) is 2. The van der Waals surface area contributed by atoms with Crippen molar-refractivity contribution in [2.24, 2.45) is 28.7 Å². The van der Waals surface area contributed by atoms with Crippen LogP contribution in [0.5, 0.6) is 0 Å². The Hall–Kier alpha value is -1.12. The minimum atomic E-state index is -0.502. The molecule has 2 bridgehead atoms. The van der Waals surface area contributed by atoms with E-state index in [4.69, 9.17) is 20.8 Å². The van der Waals surface area contributed by atoms with Crippen LogP contribution >= 0.6 is 12.4 Å². The third kappa shape index (κ3) is 5.28. The van der Waals surface area contributed by atoms with Crippen molar-refractivity contribution in [2.45, 2.75) is 82.9 Å². The third-order valence-corrected chi connectivity index (χ3v) is 8.54. The van der Waals surface area contributed by atoms with Gasteiger partial charge in [0.05, 0.1) is 17.7 Å². The van der Waals surface area contributed by atoms with Crippen LogP contribution in [0.15, 0.2) is 30.3 Å². The Labute approximate surface area is 205 Å². The summed E-state index contributed by atoms with van der Waals surface area (Å²) in [6, 6.07) is 9.86. The molecular weight excluding hydrogens is 437 g/mol. The van der Waals surface area contributed by atoms with E-state index in [0.29, 0.717) is 36.8 Å². The first-order valence-electron chi connectivity index (χ1n) is 12.4. The van der Waals surface area contributed by atoms with Gasteiger partial charge < -0.3 is 26.1 Å². The van der Waals surface area contributed by atoms with Crippen LogP contribution in [0.25, 0.3) is 0 Å². The lowest BCUT2D eigenvalue weighted by Crippen LogP contribution is -2.65. The van der Waals surface area contributed by atoms with Gasteiger partial charge in [-0.25, -0.2) is 0 Å². The maximum absolute atomic E-state index is 12.6. The molecule has 5 N–H and O–H groups in total. The van der Waals surface area contributed by atoms with Gasteiger partial charge in [0.25, 0.3) is 0 Å². The first-order valence-corrected chi connectivity index (χ1v) is 12.4. The standard InChI is InChI=1S/C25H40BN3O3.ClH/c1-24(2)18-14-21(24)25(3)22(15-18)31-26(32-25)19(13-17-9-5-4-6-10-17)16-29-23(30)20(28)11-7-8-12-27;/h4-6,9-10,18-22H,7-8,11-16,27-28H2,1-3H3,(H,29,30);1H/t18-,19-,20-,21-,22+,25-;/m0./s1. The molecule has 1 aromatic carbocycles. The average molecular weight is 478 g/mol. The van der Waals surface area contributed by atoms with Gasteiger partial charge in [-0.3, -0.25) is 4.79 Å². The van der Waals surface area contributed by atoms with Gasteiger partial charge in [0.2, 0.25) is 5.91 Å². The maximum atomic E-state index is 12.6. The van der Waals surface area contributed by atoms with Crippen molar-refractivity contribution >= 4 is 25.4 Å². The zero-order chi connectivity index (χ0) is 22.9. The number of carbonyl (C=O) groups excluding carboxylic acids is 1. The quantitative estimate of drug-likeness (QED) is 0.354. The van der Waals surface area contributed by atoms with Gasteiger partial charge >= 0.3 is 7.12 Å². The summed E-state index contributed by atoms with van der Waals surface area (Å²) < 4.78 is 13.3. The molecular formula is C25H41BClN3O3. The van der Waals surface area contributed by atoms with E-state index in [1.165, 1.54) is 12.0 Å². The van der Waals surface area contributed by atoms with E-state index < -0.39 is 6.04 Å². The Balaban J connectivity index is 0.00000306. The highest BCUT2D eigenvalue weighted by molar-refractivity contribution is 6.47. The summed E-state index contributed by atoms with van der Waals surface area (Å²) in [5.41, 5.74) is 12.9. The second-order valence-electron chi connectivity index (χ2n) is 10.9. The topological polar surface area (TPSA) is 99.6 Å². The molecule has 4 aliphatic rings. The lowest BCUT2D eigenvalue weighted by Gasteiger charge is -2.64. The first-order chi connectivity index (χ1) is 15.3. The fourth-order valence-electron chi connectivity index (χ4n) is 6.29. The van der Waals surface area contributed by atoms with Crippen molar-refractivity contribution in [2.75, 3.05) is 13.1 Å². The molecule has 4 fully saturated rings. The normalized spacial score (nSPS) is 31.1. The molecule has 33 heavy (non-hydrogen) atoms. The molecule has 6 nitrogen and oxygen atoms in total. The van der Waals surface area contributed by atoms with E-state index in [1.54, 1.807) is 0 Å². The molecule has 0 spiro atoms. The number of benzene rings is 1. The molecule has 1 saturated heterocycles. The molecule has 0 aromatic heterocycles. The molecule has 1 aromatic rings. The SMILES string of the molecule is CC1(C)[C@@H]2C[C@H]3OB([C@H](CNC(=O)[C@@H](N)CCCCN)Cc4ccccc4)O[C@@]3(C)[C@H]1C2.Cl. The number of carbonyl (C=O) groups is 1. The summed E-state index contributed by atoms with van der Waals surface area (Å²) in [6.07, 6.45) is 5.62. The van der Waals surface area contributed by atoms with Crippen molar-refractivity contribution in [3.8, 4) is 0 Å². The highest BCUT2D eigenvalue weighted by Gasteiger charge is 2.68. The molecule has 6 atom stereocenters. The molecule has 3 aliphatic carbocycles. The fourth-order valence-corrected chi connectivity index (χ4v) is 6.29. The molecule has 5 rings (SSSR count). The predicted molar refractivity (Wildman–Crippen MR) is 135 cm³/mol. The number of rotatable bonds is 10. The molecule has 8 heteroatoms. The van der Waals surface area contributed by atoms with Crippen LogP contribution in [-0.2, 0) is 20.5 Å². The Morgan fingerprint density at radius 2 is 1.94 bits per heavy atom. The van der Waals surface area contributed by atoms with Gasteiger partial charge in [-0.1, -0.05) is 50.6 Å². The van der Waals surface area contributed by atoms with E-state index in [0.717, 1.165) is 25.7 Å². The van der Waals surface area contributed by atoms with Gasteiger partial charge in [0.15, 0.2) is 0 Å². The fraction of sp³-hybridized carbons (Fsp3) is 0.720. The summed E-state index contributed by atoms with van der Waals surface area (Å²) >= 11 is 0. The Morgan fingerprint density at radius 1 is 1.21 bits per heavy atom. The second kappa shape index (κ2) is 10.7. The summed E-state index contributed by atoms with van der Waals surface area (Å²) in [5, 5.41) is 3.08. The van der Waals surface area contributed by atoms with Crippen LogP contribution in [0.1, 0.15) is 58.4 Å². The zero-order valence-electron chi connectivity index (χ0n) is 20.3. The highest BCUT2D eigenvalue weighted by atomic mass is 35.5. The maximum Gasteiger partial charge on any atom is 0.463 e. The van der Waals surface area contributed by atoms with Crippen LogP contribution in [-0.4, -0.2) is 43.9 Å². The van der Waals surface area contributed by atoms with Gasteiger partial charge in [0.1, 0.15) is 0 Å². The van der Waals surface area contributed by atoms with E-state index in [-0.39, 0.29) is 43.0 Å². The van der Waals surface area contributed by atoms with Crippen LogP contribution < -0.4 is 16.8 Å². The van der Waals surface area contributed by atoms with Gasteiger partial charge in [0, 0.05) is 12.4 Å². The minimum Gasteiger partial charge on any atom is -0.405 e. The van der Waals surface area contributed by atoms with E-state index >= 15 is 0 Å². The Bertz CT molecular complexity index is 798.